The predicted octanol–water partition coefficient (Wildman–Crippen LogP) is 1.94. The monoisotopic (exact) mass is 398 g/mol. The van der Waals surface area contributed by atoms with Crippen LogP contribution in [0.25, 0.3) is 0 Å². The van der Waals surface area contributed by atoms with Crippen molar-refractivity contribution in [2.24, 2.45) is 0 Å². The van der Waals surface area contributed by atoms with Gasteiger partial charge in [-0.05, 0) is 18.6 Å². The van der Waals surface area contributed by atoms with Crippen LogP contribution < -0.4 is 20.1 Å². The summed E-state index contributed by atoms with van der Waals surface area (Å²) in [6, 6.07) is 9.27. The van der Waals surface area contributed by atoms with Crippen molar-refractivity contribution in [1.82, 2.24) is 15.2 Å². The zero-order valence-electron chi connectivity index (χ0n) is 16.2. The van der Waals surface area contributed by atoms with Crippen molar-refractivity contribution in [1.29, 1.82) is 0 Å². The van der Waals surface area contributed by atoms with Crippen molar-refractivity contribution in [3.05, 3.63) is 48.2 Å². The van der Waals surface area contributed by atoms with Crippen molar-refractivity contribution >= 4 is 23.5 Å². The molecule has 2 aromatic rings. The summed E-state index contributed by atoms with van der Waals surface area (Å²) in [5.74, 6) is 0.406. The molecule has 9 heteroatoms. The minimum absolute atomic E-state index is 0.0746. The summed E-state index contributed by atoms with van der Waals surface area (Å²) in [7, 11) is 3.04. The first kappa shape index (κ1) is 20.1. The highest BCUT2D eigenvalue weighted by Crippen LogP contribution is 2.22. The summed E-state index contributed by atoms with van der Waals surface area (Å²) in [4.78, 5) is 42.1. The minimum atomic E-state index is -0.739. The van der Waals surface area contributed by atoms with Crippen LogP contribution in [0.5, 0.6) is 11.6 Å². The van der Waals surface area contributed by atoms with Gasteiger partial charge in [0.15, 0.2) is 0 Å². The Kier molecular flexibility index (Phi) is 6.28. The molecule has 1 aromatic carbocycles. The number of anilines is 1. The molecule has 0 aliphatic carbocycles. The number of hydrogen-bond donors (Lipinski definition) is 2. The van der Waals surface area contributed by atoms with Crippen LogP contribution in [0, 0.1) is 0 Å². The first-order chi connectivity index (χ1) is 14.0. The van der Waals surface area contributed by atoms with Gasteiger partial charge in [0.05, 0.1) is 32.6 Å². The molecule has 2 N–H and O–H groups in total. The van der Waals surface area contributed by atoms with Gasteiger partial charge in [0.2, 0.25) is 11.8 Å². The summed E-state index contributed by atoms with van der Waals surface area (Å²) < 4.78 is 10.2. The zero-order valence-corrected chi connectivity index (χ0v) is 16.2. The average Bonchev–Trinajstić information content (AvgIpc) is 3.00. The van der Waals surface area contributed by atoms with Crippen LogP contribution in [-0.2, 0) is 16.1 Å². The Balaban J connectivity index is 1.54. The van der Waals surface area contributed by atoms with Crippen molar-refractivity contribution in [3.63, 3.8) is 0 Å². The van der Waals surface area contributed by atoms with Gasteiger partial charge in [0, 0.05) is 18.1 Å². The van der Waals surface area contributed by atoms with Crippen molar-refractivity contribution < 1.29 is 23.9 Å². The summed E-state index contributed by atoms with van der Waals surface area (Å²) in [5, 5.41) is 5.33. The Bertz CT molecular complexity index is 900. The highest BCUT2D eigenvalue weighted by atomic mass is 16.5. The smallest absolute Gasteiger partial charge is 0.325 e. The van der Waals surface area contributed by atoms with Gasteiger partial charge in [-0.1, -0.05) is 18.2 Å². The molecule has 1 saturated heterocycles. The maximum absolute atomic E-state index is 12.6. The largest absolute Gasteiger partial charge is 0.496 e. The third kappa shape index (κ3) is 4.81. The molecule has 3 rings (SSSR count). The van der Waals surface area contributed by atoms with Gasteiger partial charge in [-0.15, -0.1) is 0 Å². The summed E-state index contributed by atoms with van der Waals surface area (Å²) in [5.41, 5.74) is 1.25. The van der Waals surface area contributed by atoms with Crippen LogP contribution in [0.3, 0.4) is 0 Å². The number of benzene rings is 1. The van der Waals surface area contributed by atoms with Gasteiger partial charge in [0.25, 0.3) is 5.91 Å². The second-order valence-electron chi connectivity index (χ2n) is 6.41. The highest BCUT2D eigenvalue weighted by molar-refractivity contribution is 6.04. The van der Waals surface area contributed by atoms with Crippen LogP contribution >= 0.6 is 0 Å². The van der Waals surface area contributed by atoms with E-state index in [1.807, 2.05) is 12.1 Å². The molecular weight excluding hydrogens is 376 g/mol. The van der Waals surface area contributed by atoms with Crippen molar-refractivity contribution in [2.45, 2.75) is 25.4 Å². The fourth-order valence-corrected chi connectivity index (χ4v) is 3.00. The van der Waals surface area contributed by atoms with E-state index in [2.05, 4.69) is 15.6 Å². The molecule has 1 aliphatic heterocycles. The number of urea groups is 1. The van der Waals surface area contributed by atoms with E-state index < -0.39 is 12.1 Å². The van der Waals surface area contributed by atoms with Crippen molar-refractivity contribution in [2.75, 3.05) is 19.5 Å². The van der Waals surface area contributed by atoms with E-state index in [1.165, 1.54) is 20.4 Å². The van der Waals surface area contributed by atoms with Crippen LogP contribution in [0.4, 0.5) is 10.5 Å². The molecule has 1 fully saturated rings. The molecular formula is C20H22N4O5. The molecule has 0 saturated carbocycles. The lowest BCUT2D eigenvalue weighted by molar-refractivity contribution is -0.128. The van der Waals surface area contributed by atoms with Crippen LogP contribution in [0.1, 0.15) is 18.4 Å². The number of ether oxygens (including phenoxy) is 2. The average molecular weight is 398 g/mol. The maximum Gasteiger partial charge on any atom is 0.325 e. The van der Waals surface area contributed by atoms with Crippen LogP contribution in [0.15, 0.2) is 42.6 Å². The minimum Gasteiger partial charge on any atom is -0.496 e. The fourth-order valence-electron chi connectivity index (χ4n) is 3.00. The molecule has 29 heavy (non-hydrogen) atoms. The Morgan fingerprint density at radius 3 is 2.66 bits per heavy atom. The molecule has 2 heterocycles. The molecule has 0 bridgehead atoms. The molecule has 4 amide bonds. The van der Waals surface area contributed by atoms with E-state index in [1.54, 1.807) is 24.3 Å². The zero-order chi connectivity index (χ0) is 20.8. The predicted molar refractivity (Wildman–Crippen MR) is 105 cm³/mol. The normalized spacial score (nSPS) is 15.8. The van der Waals surface area contributed by atoms with Gasteiger partial charge >= 0.3 is 6.03 Å². The molecule has 1 aliphatic rings. The first-order valence-corrected chi connectivity index (χ1v) is 9.05. The molecule has 0 spiro atoms. The van der Waals surface area contributed by atoms with E-state index in [4.69, 9.17) is 9.47 Å². The molecule has 1 atom stereocenters. The number of nitrogens with zero attached hydrogens (tertiary/aromatic N) is 2. The topological polar surface area (TPSA) is 110 Å². The molecule has 9 nitrogen and oxygen atoms in total. The SMILES string of the molecule is COc1ccc(NC(=O)CCC2NC(=O)N(Cc3ccccc3OC)C2=O)cn1. The third-order valence-electron chi connectivity index (χ3n) is 4.52. The van der Waals surface area contributed by atoms with E-state index >= 15 is 0 Å². The quantitative estimate of drug-likeness (QED) is 0.658. The Morgan fingerprint density at radius 2 is 1.97 bits per heavy atom. The number of imide groups is 1. The number of methoxy groups -OCH3 is 2. The summed E-state index contributed by atoms with van der Waals surface area (Å²) in [6.45, 7) is 0.106. The number of para-hydroxylation sites is 1. The lowest BCUT2D eigenvalue weighted by Gasteiger charge is -2.15. The van der Waals surface area contributed by atoms with E-state index in [0.717, 1.165) is 10.5 Å². The number of amides is 4. The van der Waals surface area contributed by atoms with Crippen LogP contribution in [-0.4, -0.2) is 48.0 Å². The second-order valence-corrected chi connectivity index (χ2v) is 6.41. The van der Waals surface area contributed by atoms with Gasteiger partial charge in [-0.3, -0.25) is 14.5 Å². The Morgan fingerprint density at radius 1 is 1.17 bits per heavy atom. The second kappa shape index (κ2) is 9.05. The maximum atomic E-state index is 12.6. The highest BCUT2D eigenvalue weighted by Gasteiger charge is 2.38. The lowest BCUT2D eigenvalue weighted by atomic mass is 10.1. The van der Waals surface area contributed by atoms with Crippen LogP contribution in [0.2, 0.25) is 0 Å². The van der Waals surface area contributed by atoms with Crippen molar-refractivity contribution in [3.8, 4) is 11.6 Å². The third-order valence-corrected chi connectivity index (χ3v) is 4.52. The number of carbonyl (C=O) groups excluding carboxylic acids is 3. The van der Waals surface area contributed by atoms with E-state index in [-0.39, 0.29) is 31.2 Å². The molecule has 0 radical (unpaired) electrons. The fraction of sp³-hybridized carbons (Fsp3) is 0.300. The molecule has 1 unspecified atom stereocenters. The van der Waals surface area contributed by atoms with Gasteiger partial charge in [-0.2, -0.15) is 0 Å². The Labute approximate surface area is 168 Å². The Hall–Kier alpha value is -3.62. The number of nitrogens with one attached hydrogen (secondary N) is 2. The molecule has 152 valence electrons. The summed E-state index contributed by atoms with van der Waals surface area (Å²) in [6.07, 6.45) is 1.75. The number of carbonyl (C=O) groups is 3. The standard InChI is InChI=1S/C20H22N4O5/c1-28-16-6-4-3-5-13(16)12-24-19(26)15(23-20(24)27)8-9-17(25)22-14-7-10-18(29-2)21-11-14/h3-7,10-11,15H,8-9,12H2,1-2H3,(H,22,25)(H,23,27). The lowest BCUT2D eigenvalue weighted by Crippen LogP contribution is -2.31. The van der Waals surface area contributed by atoms with E-state index in [0.29, 0.717) is 17.3 Å². The molecule has 1 aromatic heterocycles. The van der Waals surface area contributed by atoms with Gasteiger partial charge in [0.1, 0.15) is 11.8 Å². The van der Waals surface area contributed by atoms with Gasteiger partial charge < -0.3 is 20.1 Å². The van der Waals surface area contributed by atoms with Gasteiger partial charge in [-0.25, -0.2) is 9.78 Å². The number of hydrogen-bond acceptors (Lipinski definition) is 6. The van der Waals surface area contributed by atoms with E-state index in [9.17, 15) is 14.4 Å². The number of aromatic nitrogens is 1. The number of rotatable bonds is 8. The number of pyridine rings is 1. The first-order valence-electron chi connectivity index (χ1n) is 9.05. The summed E-state index contributed by atoms with van der Waals surface area (Å²) >= 11 is 0.